The van der Waals surface area contributed by atoms with E-state index >= 15 is 0 Å². The molecule has 0 aliphatic rings. The normalized spacial score (nSPS) is 11.2. The summed E-state index contributed by atoms with van der Waals surface area (Å²) in [6.45, 7) is 3.80. The number of rotatable bonds is 8. The molecule has 3 aromatic rings. The van der Waals surface area contributed by atoms with Crippen molar-refractivity contribution in [2.45, 2.75) is 19.3 Å². The molecule has 0 bridgehead atoms. The summed E-state index contributed by atoms with van der Waals surface area (Å²) in [5.74, 6) is -2.41. The van der Waals surface area contributed by atoms with E-state index in [1.165, 1.54) is 0 Å². The Morgan fingerprint density at radius 2 is 0.933 bits per heavy atom. The van der Waals surface area contributed by atoms with Crippen molar-refractivity contribution >= 4 is 11.9 Å². The number of benzene rings is 3. The fourth-order valence-electron chi connectivity index (χ4n) is 4.00. The van der Waals surface area contributed by atoms with Crippen LogP contribution in [0.15, 0.2) is 91.0 Å². The summed E-state index contributed by atoms with van der Waals surface area (Å²) in [6, 6.07) is 28.8. The molecule has 3 aromatic carbocycles. The molecule has 0 N–H and O–H groups in total. The molecule has 0 fully saturated rings. The molecule has 0 atom stereocenters. The van der Waals surface area contributed by atoms with Crippen LogP contribution < -0.4 is 0 Å². The number of hydrogen-bond donors (Lipinski definition) is 0. The largest absolute Gasteiger partial charge is 0.465 e. The molecule has 0 spiro atoms. The van der Waals surface area contributed by atoms with Crippen molar-refractivity contribution in [1.82, 2.24) is 0 Å². The number of ether oxygens (including phenoxy) is 2. The molecule has 0 radical (unpaired) electrons. The predicted octanol–water partition coefficient (Wildman–Crippen LogP) is 4.76. The minimum atomic E-state index is -1.20. The third-order valence-electron chi connectivity index (χ3n) is 5.17. The second kappa shape index (κ2) is 9.88. The zero-order valence-corrected chi connectivity index (χ0v) is 17.3. The summed E-state index contributed by atoms with van der Waals surface area (Å²) in [4.78, 5) is 26.6. The number of carbonyl (C=O) groups is 2. The van der Waals surface area contributed by atoms with E-state index in [2.05, 4.69) is 0 Å². The Kier molecular flexibility index (Phi) is 7.02. The van der Waals surface area contributed by atoms with Crippen molar-refractivity contribution in [3.8, 4) is 0 Å². The van der Waals surface area contributed by atoms with Gasteiger partial charge in [-0.25, -0.2) is 0 Å². The first-order chi connectivity index (χ1) is 14.7. The fourth-order valence-corrected chi connectivity index (χ4v) is 4.00. The van der Waals surface area contributed by atoms with Crippen LogP contribution in [0.5, 0.6) is 0 Å². The van der Waals surface area contributed by atoms with Crippen LogP contribution in [0.2, 0.25) is 0 Å². The second-order valence-corrected chi connectivity index (χ2v) is 6.84. The lowest BCUT2D eigenvalue weighted by atomic mass is 9.61. The van der Waals surface area contributed by atoms with Crippen LogP contribution in [-0.2, 0) is 24.5 Å². The van der Waals surface area contributed by atoms with E-state index in [9.17, 15) is 9.59 Å². The minimum Gasteiger partial charge on any atom is -0.465 e. The van der Waals surface area contributed by atoms with Gasteiger partial charge in [0.2, 0.25) is 0 Å². The van der Waals surface area contributed by atoms with Gasteiger partial charge >= 0.3 is 11.9 Å². The van der Waals surface area contributed by atoms with E-state index < -0.39 is 23.3 Å². The van der Waals surface area contributed by atoms with Gasteiger partial charge in [0.1, 0.15) is 0 Å². The molecule has 0 aromatic heterocycles. The van der Waals surface area contributed by atoms with E-state index in [4.69, 9.17) is 9.47 Å². The summed E-state index contributed by atoms with van der Waals surface area (Å²) in [5.41, 5.74) is 1.33. The Bertz CT molecular complexity index is 837. The molecule has 0 saturated heterocycles. The average Bonchev–Trinajstić information content (AvgIpc) is 2.79. The van der Waals surface area contributed by atoms with Gasteiger partial charge in [-0.2, -0.15) is 0 Å². The highest BCUT2D eigenvalue weighted by Gasteiger charge is 2.53. The Balaban J connectivity index is 2.42. The predicted molar refractivity (Wildman–Crippen MR) is 116 cm³/mol. The maximum absolute atomic E-state index is 13.3. The zero-order valence-electron chi connectivity index (χ0n) is 17.3. The summed E-state index contributed by atoms with van der Waals surface area (Å²) in [5, 5.41) is 0. The van der Waals surface area contributed by atoms with E-state index in [0.29, 0.717) is 0 Å². The van der Waals surface area contributed by atoms with Gasteiger partial charge in [-0.1, -0.05) is 91.0 Å². The number of carbonyl (C=O) groups excluding carboxylic acids is 2. The van der Waals surface area contributed by atoms with Gasteiger partial charge in [0.05, 0.1) is 18.6 Å². The maximum atomic E-state index is 13.3. The molecule has 154 valence electrons. The molecule has 0 saturated carbocycles. The monoisotopic (exact) mass is 402 g/mol. The van der Waals surface area contributed by atoms with Gasteiger partial charge in [0.25, 0.3) is 0 Å². The average molecular weight is 402 g/mol. The lowest BCUT2D eigenvalue weighted by Gasteiger charge is -2.40. The highest BCUT2D eigenvalue weighted by molar-refractivity contribution is 5.98. The maximum Gasteiger partial charge on any atom is 0.321 e. The van der Waals surface area contributed by atoms with Crippen LogP contribution in [0, 0.1) is 5.92 Å². The van der Waals surface area contributed by atoms with Crippen molar-refractivity contribution < 1.29 is 19.1 Å². The summed E-state index contributed by atoms with van der Waals surface area (Å²) < 4.78 is 10.8. The quantitative estimate of drug-likeness (QED) is 0.310. The van der Waals surface area contributed by atoms with Gasteiger partial charge < -0.3 is 9.47 Å². The van der Waals surface area contributed by atoms with Crippen molar-refractivity contribution in [3.63, 3.8) is 0 Å². The first-order valence-electron chi connectivity index (χ1n) is 10.2. The van der Waals surface area contributed by atoms with Gasteiger partial charge in [0.15, 0.2) is 5.92 Å². The lowest BCUT2D eigenvalue weighted by Crippen LogP contribution is -2.48. The van der Waals surface area contributed by atoms with Crippen molar-refractivity contribution in [2.24, 2.45) is 5.92 Å². The summed E-state index contributed by atoms with van der Waals surface area (Å²) >= 11 is 0. The Morgan fingerprint density at radius 1 is 0.633 bits per heavy atom. The first kappa shape index (κ1) is 21.3. The molecule has 30 heavy (non-hydrogen) atoms. The minimum absolute atomic E-state index is 0.170. The molecule has 3 rings (SSSR count). The van der Waals surface area contributed by atoms with Crippen LogP contribution >= 0.6 is 0 Å². The first-order valence-corrected chi connectivity index (χ1v) is 10.2. The van der Waals surface area contributed by atoms with Gasteiger partial charge in [-0.3, -0.25) is 9.59 Å². The Morgan fingerprint density at radius 3 is 1.20 bits per heavy atom. The van der Waals surface area contributed by atoms with Crippen LogP contribution in [0.1, 0.15) is 30.5 Å². The highest BCUT2D eigenvalue weighted by Crippen LogP contribution is 2.46. The fraction of sp³-hybridized carbons (Fsp3) is 0.231. The van der Waals surface area contributed by atoms with Gasteiger partial charge in [-0.15, -0.1) is 0 Å². The third kappa shape index (κ3) is 3.99. The van der Waals surface area contributed by atoms with Crippen LogP contribution in [0.4, 0.5) is 0 Å². The van der Waals surface area contributed by atoms with E-state index in [1.54, 1.807) is 13.8 Å². The van der Waals surface area contributed by atoms with E-state index in [1.807, 2.05) is 91.0 Å². The summed E-state index contributed by atoms with van der Waals surface area (Å²) in [6.07, 6.45) is 0. The third-order valence-corrected chi connectivity index (χ3v) is 5.17. The Labute approximate surface area is 177 Å². The molecular weight excluding hydrogens is 376 g/mol. The second-order valence-electron chi connectivity index (χ2n) is 6.84. The van der Waals surface area contributed by atoms with Gasteiger partial charge in [-0.05, 0) is 30.5 Å². The Hall–Kier alpha value is -3.40. The molecule has 0 unspecified atom stereocenters. The molecule has 4 heteroatoms. The number of hydrogen-bond acceptors (Lipinski definition) is 4. The standard InChI is InChI=1S/C26H26O4/c1-3-29-24(27)23(25(28)30-4-2)26(20-14-8-5-9-15-20,21-16-10-6-11-17-21)22-18-12-7-13-19-22/h5-19,23H,3-4H2,1-2H3. The smallest absolute Gasteiger partial charge is 0.321 e. The van der Waals surface area contributed by atoms with Crippen LogP contribution in [-0.4, -0.2) is 25.2 Å². The van der Waals surface area contributed by atoms with E-state index in [-0.39, 0.29) is 13.2 Å². The molecule has 0 heterocycles. The van der Waals surface area contributed by atoms with Gasteiger partial charge in [0, 0.05) is 0 Å². The lowest BCUT2D eigenvalue weighted by molar-refractivity contribution is -0.163. The van der Waals surface area contributed by atoms with Crippen molar-refractivity contribution in [1.29, 1.82) is 0 Å². The highest BCUT2D eigenvalue weighted by atomic mass is 16.6. The SMILES string of the molecule is CCOC(=O)C(C(=O)OCC)C(c1ccccc1)(c1ccccc1)c1ccccc1. The van der Waals surface area contributed by atoms with E-state index in [0.717, 1.165) is 16.7 Å². The molecule has 0 aliphatic heterocycles. The molecule has 0 amide bonds. The van der Waals surface area contributed by atoms with Crippen LogP contribution in [0.25, 0.3) is 0 Å². The topological polar surface area (TPSA) is 52.6 Å². The van der Waals surface area contributed by atoms with Crippen molar-refractivity contribution in [2.75, 3.05) is 13.2 Å². The number of esters is 2. The molecule has 0 aliphatic carbocycles. The molecule has 4 nitrogen and oxygen atoms in total. The summed E-state index contributed by atoms with van der Waals surface area (Å²) in [7, 11) is 0. The molecular formula is C26H26O4. The van der Waals surface area contributed by atoms with Crippen LogP contribution in [0.3, 0.4) is 0 Å². The zero-order chi connectivity index (χ0) is 21.4. The van der Waals surface area contributed by atoms with Crippen molar-refractivity contribution in [3.05, 3.63) is 108 Å².